The van der Waals surface area contributed by atoms with Crippen molar-refractivity contribution in [2.75, 3.05) is 33.9 Å². The van der Waals surface area contributed by atoms with Crippen molar-refractivity contribution in [1.29, 1.82) is 0 Å². The number of imide groups is 1. The maximum atomic E-state index is 13.8. The fourth-order valence-electron chi connectivity index (χ4n) is 7.24. The van der Waals surface area contributed by atoms with E-state index in [9.17, 15) is 24.3 Å². The Balaban J connectivity index is 1.31. The van der Waals surface area contributed by atoms with Crippen LogP contribution in [0.15, 0.2) is 101 Å². The van der Waals surface area contributed by atoms with Gasteiger partial charge in [0.05, 0.1) is 33.3 Å². The zero-order valence-corrected chi connectivity index (χ0v) is 35.0. The second-order valence-corrected chi connectivity index (χ2v) is 14.8. The van der Waals surface area contributed by atoms with Gasteiger partial charge in [0, 0.05) is 50.2 Å². The number of aromatic nitrogens is 2. The molecular weight excluding hydrogens is 783 g/mol. The molecule has 1 aromatic heterocycles. The number of nitrogens with zero attached hydrogens (tertiary/aromatic N) is 5. The van der Waals surface area contributed by atoms with Crippen molar-refractivity contribution >= 4 is 36.0 Å². The number of aliphatic imine (C=N–C) groups is 1. The number of carbonyl (C=O) groups is 3. The van der Waals surface area contributed by atoms with E-state index in [4.69, 9.17) is 23.8 Å². The average molecular weight is 836 g/mol. The standard InChI is InChI=1S/C46H53N5O10/c1-5-7-26-49(27-8-6-2)31-47-44-32(14-25-43(55)61-51-40(53)23-24-41(51)54)29-50(45(56)48-44)42-28-38(52)39(60-42)30-59-46(33-12-10-9-11-13-33,34-15-19-36(57-3)20-16-34)35-17-21-37(58-4)22-18-35/h9-22,25,29,31,38-39,42,52H,5-8,23-24,26-28,30H2,1-4H3/b25-14+,47-31-/t38-,39-,42-/m1/s1. The third-order valence-electron chi connectivity index (χ3n) is 10.6. The van der Waals surface area contributed by atoms with E-state index in [1.807, 2.05) is 78.9 Å². The van der Waals surface area contributed by atoms with Crippen LogP contribution in [-0.2, 0) is 34.3 Å². The van der Waals surface area contributed by atoms with Crippen LogP contribution in [0.1, 0.15) is 87.3 Å². The van der Waals surface area contributed by atoms with Crippen molar-refractivity contribution in [3.8, 4) is 11.5 Å². The van der Waals surface area contributed by atoms with Gasteiger partial charge in [-0.15, -0.1) is 5.06 Å². The smallest absolute Gasteiger partial charge is 0.356 e. The normalized spacial score (nSPS) is 18.0. The first-order valence-electron chi connectivity index (χ1n) is 20.6. The van der Waals surface area contributed by atoms with Crippen LogP contribution in [0.4, 0.5) is 5.82 Å². The summed E-state index contributed by atoms with van der Waals surface area (Å²) >= 11 is 0. The molecule has 6 rings (SSSR count). The van der Waals surface area contributed by atoms with Gasteiger partial charge >= 0.3 is 11.7 Å². The second kappa shape index (κ2) is 20.9. The lowest BCUT2D eigenvalue weighted by Crippen LogP contribution is -2.38. The van der Waals surface area contributed by atoms with Crippen molar-refractivity contribution < 1.29 is 43.3 Å². The van der Waals surface area contributed by atoms with Crippen molar-refractivity contribution in [3.05, 3.63) is 124 Å². The molecule has 0 bridgehead atoms. The molecule has 61 heavy (non-hydrogen) atoms. The Kier molecular flexibility index (Phi) is 15.2. The molecule has 2 saturated heterocycles. The van der Waals surface area contributed by atoms with Gasteiger partial charge in [0.2, 0.25) is 0 Å². The van der Waals surface area contributed by atoms with Gasteiger partial charge < -0.3 is 33.8 Å². The molecule has 2 amide bonds. The molecule has 15 nitrogen and oxygen atoms in total. The van der Waals surface area contributed by atoms with Gasteiger partial charge in [0.15, 0.2) is 5.82 Å². The van der Waals surface area contributed by atoms with Crippen LogP contribution in [0.3, 0.4) is 0 Å². The van der Waals surface area contributed by atoms with E-state index in [0.29, 0.717) is 16.6 Å². The van der Waals surface area contributed by atoms with Gasteiger partial charge in [-0.3, -0.25) is 14.2 Å². The quantitative estimate of drug-likeness (QED) is 0.0357. The van der Waals surface area contributed by atoms with Crippen molar-refractivity contribution in [1.82, 2.24) is 19.5 Å². The highest BCUT2D eigenvalue weighted by molar-refractivity contribution is 6.02. The highest BCUT2D eigenvalue weighted by Crippen LogP contribution is 2.43. The van der Waals surface area contributed by atoms with Gasteiger partial charge in [0.25, 0.3) is 11.8 Å². The van der Waals surface area contributed by atoms with E-state index in [-0.39, 0.29) is 37.3 Å². The molecule has 0 spiro atoms. The highest BCUT2D eigenvalue weighted by atomic mass is 16.7. The maximum Gasteiger partial charge on any atom is 0.356 e. The summed E-state index contributed by atoms with van der Waals surface area (Å²) in [6.45, 7) is 5.62. The molecular formula is C46H53N5O10. The predicted octanol–water partition coefficient (Wildman–Crippen LogP) is 6.10. The number of hydrogen-bond donors (Lipinski definition) is 1. The molecule has 0 saturated carbocycles. The molecule has 2 fully saturated rings. The molecule has 2 aliphatic heterocycles. The zero-order valence-electron chi connectivity index (χ0n) is 35.0. The van der Waals surface area contributed by atoms with E-state index >= 15 is 0 Å². The van der Waals surface area contributed by atoms with Crippen LogP contribution in [0.2, 0.25) is 0 Å². The topological polar surface area (TPSA) is 171 Å². The number of unbranched alkanes of at least 4 members (excludes halogenated alkanes) is 2. The van der Waals surface area contributed by atoms with Crippen molar-refractivity contribution in [2.24, 2.45) is 4.99 Å². The summed E-state index contributed by atoms with van der Waals surface area (Å²) in [6, 6.07) is 24.9. The maximum absolute atomic E-state index is 13.8. The third-order valence-corrected chi connectivity index (χ3v) is 10.6. The summed E-state index contributed by atoms with van der Waals surface area (Å²) in [5, 5.41) is 11.9. The fraction of sp³-hybridized carbons (Fsp3) is 0.391. The summed E-state index contributed by atoms with van der Waals surface area (Å²) in [5.41, 5.74) is 0.781. The first-order chi connectivity index (χ1) is 29.6. The third kappa shape index (κ3) is 10.6. The molecule has 0 radical (unpaired) electrons. The van der Waals surface area contributed by atoms with Gasteiger partial charge in [-0.1, -0.05) is 81.3 Å². The van der Waals surface area contributed by atoms with Crippen LogP contribution < -0.4 is 15.2 Å². The molecule has 322 valence electrons. The van der Waals surface area contributed by atoms with Crippen LogP contribution in [0.25, 0.3) is 6.08 Å². The summed E-state index contributed by atoms with van der Waals surface area (Å²) in [4.78, 5) is 66.7. The highest BCUT2D eigenvalue weighted by Gasteiger charge is 2.42. The Morgan fingerprint density at radius 1 is 0.885 bits per heavy atom. The van der Waals surface area contributed by atoms with Gasteiger partial charge in [-0.25, -0.2) is 14.6 Å². The Labute approximate surface area is 355 Å². The number of aliphatic hydroxyl groups is 1. The van der Waals surface area contributed by atoms with Crippen LogP contribution >= 0.6 is 0 Å². The Bertz CT molecular complexity index is 2150. The number of carbonyl (C=O) groups excluding carboxylic acids is 3. The largest absolute Gasteiger partial charge is 0.497 e. The molecule has 2 aliphatic rings. The lowest BCUT2D eigenvalue weighted by molar-refractivity contribution is -0.193. The lowest BCUT2D eigenvalue weighted by atomic mass is 9.80. The minimum absolute atomic E-state index is 0.0217. The van der Waals surface area contributed by atoms with E-state index < -0.39 is 47.5 Å². The van der Waals surface area contributed by atoms with Crippen LogP contribution in [-0.4, -0.2) is 94.9 Å². The number of rotatable bonds is 20. The van der Waals surface area contributed by atoms with E-state index in [2.05, 4.69) is 28.7 Å². The van der Waals surface area contributed by atoms with E-state index in [1.165, 1.54) is 16.8 Å². The minimum atomic E-state index is -1.18. The zero-order chi connectivity index (χ0) is 43.4. The lowest BCUT2D eigenvalue weighted by Gasteiger charge is -2.37. The first kappa shape index (κ1) is 44.4. The first-order valence-corrected chi connectivity index (χ1v) is 20.6. The monoisotopic (exact) mass is 835 g/mol. The molecule has 3 heterocycles. The van der Waals surface area contributed by atoms with Crippen molar-refractivity contribution in [3.63, 3.8) is 0 Å². The number of benzene rings is 3. The van der Waals surface area contributed by atoms with E-state index in [1.54, 1.807) is 20.6 Å². The number of ether oxygens (including phenoxy) is 4. The van der Waals surface area contributed by atoms with E-state index in [0.717, 1.165) is 61.5 Å². The minimum Gasteiger partial charge on any atom is -0.497 e. The average Bonchev–Trinajstić information content (AvgIpc) is 3.82. The van der Waals surface area contributed by atoms with Gasteiger partial charge in [-0.2, -0.15) is 4.98 Å². The summed E-state index contributed by atoms with van der Waals surface area (Å²) < 4.78 is 25.6. The SMILES string of the molecule is CCCCN(/C=N\c1nc(=O)n([C@H]2C[C@@H](O)[C@@H](COC(c3ccccc3)(c3ccc(OC)cc3)c3ccc(OC)cc3)O2)cc1/C=C/C(=O)ON1C(=O)CCC1=O)CCCC. The summed E-state index contributed by atoms with van der Waals surface area (Å²) in [7, 11) is 3.20. The molecule has 1 N–H and O–H groups in total. The Hall–Kier alpha value is -6.16. The number of amides is 2. The molecule has 15 heteroatoms. The molecule has 0 aliphatic carbocycles. The fourth-order valence-corrected chi connectivity index (χ4v) is 7.24. The van der Waals surface area contributed by atoms with Gasteiger partial charge in [0.1, 0.15) is 29.4 Å². The number of hydrogen-bond acceptors (Lipinski definition) is 12. The molecule has 4 aromatic rings. The van der Waals surface area contributed by atoms with Gasteiger partial charge in [-0.05, 0) is 59.9 Å². The molecule has 3 atom stereocenters. The molecule has 3 aromatic carbocycles. The van der Waals surface area contributed by atoms with Crippen LogP contribution in [0.5, 0.6) is 11.5 Å². The van der Waals surface area contributed by atoms with Crippen molar-refractivity contribution in [2.45, 2.75) is 82.8 Å². The second-order valence-electron chi connectivity index (χ2n) is 14.8. The Morgan fingerprint density at radius 2 is 1.46 bits per heavy atom. The number of methoxy groups -OCH3 is 2. The Morgan fingerprint density at radius 3 is 2.02 bits per heavy atom. The molecule has 0 unspecified atom stereocenters. The number of hydroxylamine groups is 2. The summed E-state index contributed by atoms with van der Waals surface area (Å²) in [6.07, 6.45) is 6.32. The number of aliphatic hydroxyl groups excluding tert-OH is 1. The predicted molar refractivity (Wildman–Crippen MR) is 227 cm³/mol. The van der Waals surface area contributed by atoms with Crippen LogP contribution in [0, 0.1) is 0 Å². The summed E-state index contributed by atoms with van der Waals surface area (Å²) in [5.74, 6) is -0.846.